The van der Waals surface area contributed by atoms with E-state index in [1.807, 2.05) is 0 Å². The molecule has 1 aromatic rings. The number of aliphatic carboxylic acids is 1. The van der Waals surface area contributed by atoms with Gasteiger partial charge in [-0.15, -0.1) is 0 Å². The molecule has 1 heterocycles. The molecule has 1 N–H and O–H groups in total. The minimum Gasteiger partial charge on any atom is -0.481 e. The first-order chi connectivity index (χ1) is 6.61. The molecular weight excluding hydrogens is 182 g/mol. The van der Waals surface area contributed by atoms with Crippen LogP contribution in [0.3, 0.4) is 0 Å². The predicted octanol–water partition coefficient (Wildman–Crippen LogP) is 1.23. The molecule has 0 spiro atoms. The van der Waals surface area contributed by atoms with E-state index >= 15 is 0 Å². The number of rotatable bonds is 4. The minimum absolute atomic E-state index is 0.175. The molecule has 0 aliphatic carbocycles. The van der Waals surface area contributed by atoms with Crippen molar-refractivity contribution in [3.05, 3.63) is 30.1 Å². The van der Waals surface area contributed by atoms with E-state index in [9.17, 15) is 9.59 Å². The Morgan fingerprint density at radius 1 is 1.50 bits per heavy atom. The fourth-order valence-electron chi connectivity index (χ4n) is 1.21. The molecule has 74 valence electrons. The van der Waals surface area contributed by atoms with E-state index in [0.29, 0.717) is 5.69 Å². The molecule has 4 nitrogen and oxygen atoms in total. The number of hydrogen-bond donors (Lipinski definition) is 1. The van der Waals surface area contributed by atoms with Crippen molar-refractivity contribution < 1.29 is 14.7 Å². The summed E-state index contributed by atoms with van der Waals surface area (Å²) in [6.07, 6.45) is 1.35. The molecule has 1 rings (SSSR count). The van der Waals surface area contributed by atoms with E-state index < -0.39 is 11.9 Å². The fraction of sp³-hybridized carbons (Fsp3) is 0.300. The van der Waals surface area contributed by atoms with Crippen molar-refractivity contribution in [1.29, 1.82) is 0 Å². The Morgan fingerprint density at radius 3 is 2.64 bits per heavy atom. The van der Waals surface area contributed by atoms with E-state index in [1.54, 1.807) is 24.4 Å². The summed E-state index contributed by atoms with van der Waals surface area (Å²) in [6.45, 7) is 1.38. The second-order valence-electron chi connectivity index (χ2n) is 3.02. The van der Waals surface area contributed by atoms with Gasteiger partial charge in [0.15, 0.2) is 0 Å². The molecule has 1 unspecified atom stereocenters. The molecule has 0 amide bonds. The Morgan fingerprint density at radius 2 is 2.21 bits per heavy atom. The van der Waals surface area contributed by atoms with Crippen LogP contribution in [0.2, 0.25) is 0 Å². The topological polar surface area (TPSA) is 67.3 Å². The average Bonchev–Trinajstić information content (AvgIpc) is 2.15. The number of ketones is 1. The Balaban J connectivity index is 2.89. The summed E-state index contributed by atoms with van der Waals surface area (Å²) < 4.78 is 0. The third kappa shape index (κ3) is 2.65. The van der Waals surface area contributed by atoms with Crippen LogP contribution in [0.15, 0.2) is 24.4 Å². The lowest BCUT2D eigenvalue weighted by Gasteiger charge is -2.09. The van der Waals surface area contributed by atoms with Gasteiger partial charge in [-0.2, -0.15) is 0 Å². The number of carboxylic acid groups (broad SMARTS) is 1. The first-order valence-corrected chi connectivity index (χ1v) is 4.24. The largest absolute Gasteiger partial charge is 0.481 e. The lowest BCUT2D eigenvalue weighted by atomic mass is 9.97. The third-order valence-corrected chi connectivity index (χ3v) is 1.91. The molecule has 0 aromatic carbocycles. The SMILES string of the molecule is CC(=O)C(CC(=O)O)c1ccccn1. The van der Waals surface area contributed by atoms with Gasteiger partial charge in [-0.1, -0.05) is 6.07 Å². The van der Waals surface area contributed by atoms with Crippen LogP contribution in [-0.4, -0.2) is 21.8 Å². The van der Waals surface area contributed by atoms with E-state index in [0.717, 1.165) is 0 Å². The van der Waals surface area contributed by atoms with Crippen molar-refractivity contribution >= 4 is 11.8 Å². The lowest BCUT2D eigenvalue weighted by Crippen LogP contribution is -2.14. The lowest BCUT2D eigenvalue weighted by molar-refractivity contribution is -0.139. The van der Waals surface area contributed by atoms with E-state index in [4.69, 9.17) is 5.11 Å². The molecule has 1 atom stereocenters. The fourth-order valence-corrected chi connectivity index (χ4v) is 1.21. The monoisotopic (exact) mass is 193 g/mol. The second-order valence-corrected chi connectivity index (χ2v) is 3.02. The van der Waals surface area contributed by atoms with Gasteiger partial charge in [-0.3, -0.25) is 14.6 Å². The number of aromatic nitrogens is 1. The molecule has 0 aliphatic heterocycles. The summed E-state index contributed by atoms with van der Waals surface area (Å²) in [5.41, 5.74) is 0.516. The predicted molar refractivity (Wildman–Crippen MR) is 49.9 cm³/mol. The van der Waals surface area contributed by atoms with E-state index in [1.165, 1.54) is 6.92 Å². The van der Waals surface area contributed by atoms with Crippen LogP contribution >= 0.6 is 0 Å². The van der Waals surface area contributed by atoms with Gasteiger partial charge in [-0.05, 0) is 19.1 Å². The Labute approximate surface area is 81.6 Å². The van der Waals surface area contributed by atoms with Crippen LogP contribution in [0, 0.1) is 0 Å². The zero-order valence-corrected chi connectivity index (χ0v) is 7.80. The Hall–Kier alpha value is -1.71. The molecule has 0 radical (unpaired) electrons. The van der Waals surface area contributed by atoms with Gasteiger partial charge in [0.05, 0.1) is 18.0 Å². The van der Waals surface area contributed by atoms with Gasteiger partial charge in [-0.25, -0.2) is 0 Å². The maximum absolute atomic E-state index is 11.2. The highest BCUT2D eigenvalue weighted by molar-refractivity contribution is 5.87. The summed E-state index contributed by atoms with van der Waals surface area (Å²) in [5.74, 6) is -1.80. The molecule has 0 bridgehead atoms. The smallest absolute Gasteiger partial charge is 0.304 e. The molecule has 0 aliphatic rings. The maximum atomic E-state index is 11.2. The Kier molecular flexibility index (Phi) is 3.34. The number of carboxylic acids is 1. The van der Waals surface area contributed by atoms with Gasteiger partial charge in [0.1, 0.15) is 5.78 Å². The molecule has 0 saturated heterocycles. The molecule has 1 aromatic heterocycles. The highest BCUT2D eigenvalue weighted by Gasteiger charge is 2.20. The van der Waals surface area contributed by atoms with Crippen LogP contribution in [0.25, 0.3) is 0 Å². The number of carbonyl (C=O) groups is 2. The van der Waals surface area contributed by atoms with Crippen LogP contribution < -0.4 is 0 Å². The quantitative estimate of drug-likeness (QED) is 0.780. The van der Waals surface area contributed by atoms with Gasteiger partial charge < -0.3 is 5.11 Å². The summed E-state index contributed by atoms with van der Waals surface area (Å²) in [7, 11) is 0. The maximum Gasteiger partial charge on any atom is 0.304 e. The van der Waals surface area contributed by atoms with Crippen molar-refractivity contribution in [3.63, 3.8) is 0 Å². The third-order valence-electron chi connectivity index (χ3n) is 1.91. The van der Waals surface area contributed by atoms with Gasteiger partial charge in [0.2, 0.25) is 0 Å². The van der Waals surface area contributed by atoms with Crippen LogP contribution in [0.1, 0.15) is 25.0 Å². The Bertz CT molecular complexity index is 334. The second kappa shape index (κ2) is 4.50. The molecule has 14 heavy (non-hydrogen) atoms. The van der Waals surface area contributed by atoms with Crippen molar-refractivity contribution in [3.8, 4) is 0 Å². The number of carbonyl (C=O) groups excluding carboxylic acids is 1. The summed E-state index contributed by atoms with van der Waals surface area (Å²) in [5, 5.41) is 8.61. The van der Waals surface area contributed by atoms with Crippen molar-refractivity contribution in [1.82, 2.24) is 4.98 Å². The van der Waals surface area contributed by atoms with Gasteiger partial charge >= 0.3 is 5.97 Å². The number of Topliss-reactive ketones (excluding diaryl/α,β-unsaturated/α-hetero) is 1. The highest BCUT2D eigenvalue weighted by Crippen LogP contribution is 2.17. The van der Waals surface area contributed by atoms with Crippen LogP contribution in [0.4, 0.5) is 0 Å². The molecule has 0 saturated carbocycles. The molecule has 0 fully saturated rings. The number of pyridine rings is 1. The molecule has 4 heteroatoms. The van der Waals surface area contributed by atoms with Crippen molar-refractivity contribution in [2.75, 3.05) is 0 Å². The highest BCUT2D eigenvalue weighted by atomic mass is 16.4. The first-order valence-electron chi connectivity index (χ1n) is 4.24. The van der Waals surface area contributed by atoms with Gasteiger partial charge in [0.25, 0.3) is 0 Å². The number of nitrogens with zero attached hydrogens (tertiary/aromatic N) is 1. The van der Waals surface area contributed by atoms with E-state index in [2.05, 4.69) is 4.98 Å². The first kappa shape index (κ1) is 10.4. The van der Waals surface area contributed by atoms with Crippen molar-refractivity contribution in [2.45, 2.75) is 19.3 Å². The van der Waals surface area contributed by atoms with Crippen LogP contribution in [-0.2, 0) is 9.59 Å². The van der Waals surface area contributed by atoms with Crippen LogP contribution in [0.5, 0.6) is 0 Å². The van der Waals surface area contributed by atoms with Crippen molar-refractivity contribution in [2.24, 2.45) is 0 Å². The van der Waals surface area contributed by atoms with E-state index in [-0.39, 0.29) is 12.2 Å². The number of hydrogen-bond acceptors (Lipinski definition) is 3. The summed E-state index contributed by atoms with van der Waals surface area (Å²) in [6, 6.07) is 5.12. The summed E-state index contributed by atoms with van der Waals surface area (Å²) >= 11 is 0. The summed E-state index contributed by atoms with van der Waals surface area (Å²) in [4.78, 5) is 25.7. The van der Waals surface area contributed by atoms with Gasteiger partial charge in [0, 0.05) is 6.20 Å². The normalized spacial score (nSPS) is 12.1. The zero-order chi connectivity index (χ0) is 10.6. The standard InChI is InChI=1S/C10H11NO3/c1-7(12)8(6-10(13)14)9-4-2-3-5-11-9/h2-5,8H,6H2,1H3,(H,13,14). The minimum atomic E-state index is -0.990. The average molecular weight is 193 g/mol. The zero-order valence-electron chi connectivity index (χ0n) is 7.80. The molecular formula is C10H11NO3.